The van der Waals surface area contributed by atoms with Crippen molar-refractivity contribution in [3.63, 3.8) is 0 Å². The Bertz CT molecular complexity index is 398. The van der Waals surface area contributed by atoms with Crippen LogP contribution in [-0.2, 0) is 4.79 Å². The summed E-state index contributed by atoms with van der Waals surface area (Å²) >= 11 is 0. The molecule has 1 aliphatic heterocycles. The zero-order valence-corrected chi connectivity index (χ0v) is 8.06. The fourth-order valence-electron chi connectivity index (χ4n) is 1.41. The fourth-order valence-corrected chi connectivity index (χ4v) is 1.41. The molecule has 0 fully saturated rings. The highest BCUT2D eigenvalue weighted by Crippen LogP contribution is 2.30. The summed E-state index contributed by atoms with van der Waals surface area (Å²) < 4.78 is 10.6. The zero-order valence-electron chi connectivity index (χ0n) is 8.06. The van der Waals surface area contributed by atoms with Crippen LogP contribution in [0.4, 0.5) is 0 Å². The van der Waals surface area contributed by atoms with E-state index in [0.29, 0.717) is 36.6 Å². The molecule has 0 amide bonds. The van der Waals surface area contributed by atoms with Gasteiger partial charge >= 0.3 is 0 Å². The van der Waals surface area contributed by atoms with E-state index in [4.69, 9.17) is 9.47 Å². The van der Waals surface area contributed by atoms with E-state index in [9.17, 15) is 9.59 Å². The molecule has 4 nitrogen and oxygen atoms in total. The Labute approximate surface area is 86.8 Å². The molecule has 1 aromatic rings. The molecule has 0 saturated heterocycles. The lowest BCUT2D eigenvalue weighted by atomic mass is 10.1. The highest BCUT2D eigenvalue weighted by molar-refractivity contribution is 6.03. The minimum atomic E-state index is -0.207. The van der Waals surface area contributed by atoms with E-state index < -0.39 is 0 Å². The van der Waals surface area contributed by atoms with Crippen molar-refractivity contribution in [2.75, 3.05) is 13.2 Å². The van der Waals surface area contributed by atoms with Gasteiger partial charge in [-0.25, -0.2) is 0 Å². The molecule has 1 aromatic carbocycles. The van der Waals surface area contributed by atoms with E-state index in [-0.39, 0.29) is 12.2 Å². The number of aldehydes is 1. The number of ketones is 1. The van der Waals surface area contributed by atoms with Gasteiger partial charge in [0.15, 0.2) is 17.3 Å². The number of hydrogen-bond donors (Lipinski definition) is 0. The molecule has 78 valence electrons. The number of carbonyl (C=O) groups is 2. The quantitative estimate of drug-likeness (QED) is 0.424. The summed E-state index contributed by atoms with van der Waals surface area (Å²) in [5.74, 6) is 1.00. The third-order valence-electron chi connectivity index (χ3n) is 2.13. The van der Waals surface area contributed by atoms with Crippen molar-refractivity contribution < 1.29 is 19.1 Å². The summed E-state index contributed by atoms with van der Waals surface area (Å²) in [6.45, 7) is 1.01. The number of rotatable bonds is 3. The highest BCUT2D eigenvalue weighted by atomic mass is 16.6. The van der Waals surface area contributed by atoms with Gasteiger partial charge in [0.05, 0.1) is 6.42 Å². The van der Waals surface area contributed by atoms with E-state index in [1.807, 2.05) is 0 Å². The Balaban J connectivity index is 2.27. The van der Waals surface area contributed by atoms with E-state index in [1.165, 1.54) is 0 Å². The van der Waals surface area contributed by atoms with E-state index >= 15 is 0 Å². The lowest BCUT2D eigenvalue weighted by molar-refractivity contribution is -0.107. The Kier molecular flexibility index (Phi) is 2.67. The average molecular weight is 206 g/mol. The molecule has 0 radical (unpaired) electrons. The van der Waals surface area contributed by atoms with Crippen molar-refractivity contribution in [3.8, 4) is 11.5 Å². The summed E-state index contributed by atoms with van der Waals surface area (Å²) in [5, 5.41) is 0. The maximum absolute atomic E-state index is 11.4. The molecule has 0 atom stereocenters. The Morgan fingerprint density at radius 1 is 1.27 bits per heavy atom. The monoisotopic (exact) mass is 206 g/mol. The van der Waals surface area contributed by atoms with Crippen molar-refractivity contribution in [1.29, 1.82) is 0 Å². The van der Waals surface area contributed by atoms with Gasteiger partial charge in [-0.3, -0.25) is 4.79 Å². The van der Waals surface area contributed by atoms with Crippen LogP contribution in [0.25, 0.3) is 0 Å². The van der Waals surface area contributed by atoms with Crippen LogP contribution < -0.4 is 9.47 Å². The smallest absolute Gasteiger partial charge is 0.170 e. The van der Waals surface area contributed by atoms with Gasteiger partial charge in [-0.05, 0) is 18.2 Å². The van der Waals surface area contributed by atoms with Crippen LogP contribution >= 0.6 is 0 Å². The van der Waals surface area contributed by atoms with Gasteiger partial charge in [-0.1, -0.05) is 0 Å². The molecule has 4 heteroatoms. The van der Waals surface area contributed by atoms with Crippen LogP contribution in [0.1, 0.15) is 16.8 Å². The van der Waals surface area contributed by atoms with E-state index in [1.54, 1.807) is 18.2 Å². The van der Waals surface area contributed by atoms with Gasteiger partial charge < -0.3 is 14.3 Å². The first-order chi connectivity index (χ1) is 7.31. The van der Waals surface area contributed by atoms with Crippen molar-refractivity contribution in [2.24, 2.45) is 0 Å². The molecule has 0 aliphatic carbocycles. The molecule has 15 heavy (non-hydrogen) atoms. The van der Waals surface area contributed by atoms with Crippen LogP contribution in [0.5, 0.6) is 11.5 Å². The van der Waals surface area contributed by atoms with Crippen molar-refractivity contribution >= 4 is 12.1 Å². The van der Waals surface area contributed by atoms with Crippen LogP contribution in [0.15, 0.2) is 18.2 Å². The Hall–Kier alpha value is -1.84. The van der Waals surface area contributed by atoms with Crippen molar-refractivity contribution in [1.82, 2.24) is 0 Å². The number of ether oxygens (including phenoxy) is 2. The summed E-state index contributed by atoms with van der Waals surface area (Å²) in [7, 11) is 0. The third-order valence-corrected chi connectivity index (χ3v) is 2.13. The first kappa shape index (κ1) is 9.71. The van der Waals surface area contributed by atoms with Crippen LogP contribution in [0, 0.1) is 0 Å². The normalized spacial score (nSPS) is 13.3. The highest BCUT2D eigenvalue weighted by Gasteiger charge is 2.14. The van der Waals surface area contributed by atoms with Crippen molar-refractivity contribution in [2.45, 2.75) is 6.42 Å². The number of hydrogen-bond acceptors (Lipinski definition) is 4. The molecule has 0 unspecified atom stereocenters. The standard InChI is InChI=1S/C11H10O4/c12-4-3-9(13)8-1-2-10-11(7-8)15-6-5-14-10/h1-2,4,7H,3,5-6H2. The lowest BCUT2D eigenvalue weighted by Gasteiger charge is -2.18. The van der Waals surface area contributed by atoms with Crippen molar-refractivity contribution in [3.05, 3.63) is 23.8 Å². The third kappa shape index (κ3) is 1.98. The lowest BCUT2D eigenvalue weighted by Crippen LogP contribution is -2.15. The Morgan fingerprint density at radius 3 is 2.73 bits per heavy atom. The molecule has 0 bridgehead atoms. The summed E-state index contributed by atoms with van der Waals surface area (Å²) in [6.07, 6.45) is 0.499. The molecule has 0 N–H and O–H groups in total. The minimum absolute atomic E-state index is 0.0976. The van der Waals surface area contributed by atoms with Gasteiger partial charge in [0.25, 0.3) is 0 Å². The predicted octanol–water partition coefficient (Wildman–Crippen LogP) is 1.23. The minimum Gasteiger partial charge on any atom is -0.486 e. The van der Waals surface area contributed by atoms with Crippen LogP contribution in [-0.4, -0.2) is 25.3 Å². The molecule has 0 aromatic heterocycles. The second-order valence-electron chi connectivity index (χ2n) is 3.15. The average Bonchev–Trinajstić information content (AvgIpc) is 2.29. The number of Topliss-reactive ketones (excluding diaryl/α,β-unsaturated/α-hetero) is 1. The van der Waals surface area contributed by atoms with Crippen LogP contribution in [0.2, 0.25) is 0 Å². The SMILES string of the molecule is O=CCC(=O)c1ccc2c(c1)OCCO2. The van der Waals surface area contributed by atoms with Gasteiger partial charge in [0, 0.05) is 5.56 Å². The number of carbonyl (C=O) groups excluding carboxylic acids is 2. The van der Waals surface area contributed by atoms with Gasteiger partial charge in [0.2, 0.25) is 0 Å². The maximum Gasteiger partial charge on any atom is 0.170 e. The Morgan fingerprint density at radius 2 is 2.00 bits per heavy atom. The largest absolute Gasteiger partial charge is 0.486 e. The molecule has 0 spiro atoms. The fraction of sp³-hybridized carbons (Fsp3) is 0.273. The summed E-state index contributed by atoms with van der Waals surface area (Å²) in [5.41, 5.74) is 0.478. The maximum atomic E-state index is 11.4. The number of benzene rings is 1. The van der Waals surface area contributed by atoms with E-state index in [2.05, 4.69) is 0 Å². The first-order valence-corrected chi connectivity index (χ1v) is 4.68. The van der Waals surface area contributed by atoms with Gasteiger partial charge in [0.1, 0.15) is 19.5 Å². The van der Waals surface area contributed by atoms with E-state index in [0.717, 1.165) is 0 Å². The molecule has 0 saturated carbocycles. The molecule has 1 aliphatic rings. The molecular formula is C11H10O4. The number of fused-ring (bicyclic) bond motifs is 1. The second-order valence-corrected chi connectivity index (χ2v) is 3.15. The second kappa shape index (κ2) is 4.13. The topological polar surface area (TPSA) is 52.6 Å². The first-order valence-electron chi connectivity index (χ1n) is 4.68. The van der Waals surface area contributed by atoms with Gasteiger partial charge in [-0.2, -0.15) is 0 Å². The zero-order chi connectivity index (χ0) is 10.7. The van der Waals surface area contributed by atoms with Gasteiger partial charge in [-0.15, -0.1) is 0 Å². The molecule has 1 heterocycles. The summed E-state index contributed by atoms with van der Waals surface area (Å²) in [4.78, 5) is 21.6. The molecule has 2 rings (SSSR count). The van der Waals surface area contributed by atoms with Crippen LogP contribution in [0.3, 0.4) is 0 Å². The predicted molar refractivity (Wildman–Crippen MR) is 52.4 cm³/mol. The molecular weight excluding hydrogens is 196 g/mol. The summed E-state index contributed by atoms with van der Waals surface area (Å²) in [6, 6.07) is 4.94.